The Kier molecular flexibility index (Phi) is 5.28. The molecule has 0 bridgehead atoms. The Balaban J connectivity index is 1.89. The Hall–Kier alpha value is -2.47. The number of hydrogen-bond acceptors (Lipinski definition) is 3. The summed E-state index contributed by atoms with van der Waals surface area (Å²) in [6.45, 7) is 0.645. The molecule has 25 heavy (non-hydrogen) atoms. The van der Waals surface area contributed by atoms with Gasteiger partial charge in [0.2, 0.25) is 0 Å². The highest BCUT2D eigenvalue weighted by Gasteiger charge is 2.48. The lowest BCUT2D eigenvalue weighted by atomic mass is 10.1. The van der Waals surface area contributed by atoms with Crippen LogP contribution in [0.25, 0.3) is 0 Å². The molecule has 1 aliphatic rings. The van der Waals surface area contributed by atoms with Gasteiger partial charge in [0.05, 0.1) is 6.04 Å². The van der Waals surface area contributed by atoms with Crippen LogP contribution in [0.2, 0.25) is 0 Å². The second-order valence-electron chi connectivity index (χ2n) is 6.04. The molecule has 1 fully saturated rings. The molecule has 0 spiro atoms. The monoisotopic (exact) mass is 356 g/mol. The van der Waals surface area contributed by atoms with Crippen molar-refractivity contribution in [2.24, 2.45) is 0 Å². The molecule has 0 saturated carbocycles. The Morgan fingerprint density at radius 2 is 1.40 bits per heavy atom. The van der Waals surface area contributed by atoms with Crippen LogP contribution in [0.5, 0.6) is 0 Å². The molecule has 1 N–H and O–H groups in total. The van der Waals surface area contributed by atoms with Crippen LogP contribution in [0.1, 0.15) is 11.1 Å². The van der Waals surface area contributed by atoms with Gasteiger partial charge in [0.15, 0.2) is 6.04 Å². The molecular weight excluding hydrogens is 336 g/mol. The Labute approximate surface area is 152 Å². The van der Waals surface area contributed by atoms with Crippen LogP contribution in [0.3, 0.4) is 0 Å². The molecule has 2 amide bonds. The second-order valence-corrected chi connectivity index (χ2v) is 6.41. The molecule has 5 nitrogen and oxygen atoms in total. The van der Waals surface area contributed by atoms with Crippen LogP contribution in [0.4, 0.5) is 4.79 Å². The van der Waals surface area contributed by atoms with Gasteiger partial charge in [-0.2, -0.15) is 12.6 Å². The second kappa shape index (κ2) is 7.61. The zero-order chi connectivity index (χ0) is 17.8. The number of carbonyl (C=O) groups is 2. The maximum atomic E-state index is 13.0. The van der Waals surface area contributed by atoms with Gasteiger partial charge >= 0.3 is 12.0 Å². The van der Waals surface area contributed by atoms with E-state index in [2.05, 4.69) is 12.6 Å². The number of carbonyl (C=O) groups excluding carboxylic acids is 1. The van der Waals surface area contributed by atoms with Gasteiger partial charge < -0.3 is 14.9 Å². The Morgan fingerprint density at radius 1 is 0.920 bits per heavy atom. The highest BCUT2D eigenvalue weighted by atomic mass is 32.1. The lowest BCUT2D eigenvalue weighted by Crippen LogP contribution is -2.44. The summed E-state index contributed by atoms with van der Waals surface area (Å²) in [5.74, 6) is -0.709. The molecule has 3 rings (SSSR count). The van der Waals surface area contributed by atoms with Gasteiger partial charge in [-0.25, -0.2) is 9.59 Å². The minimum atomic E-state index is -1.00. The zero-order valence-electron chi connectivity index (χ0n) is 13.7. The Bertz CT molecular complexity index is 739. The van der Waals surface area contributed by atoms with E-state index in [1.54, 1.807) is 4.90 Å². The van der Waals surface area contributed by atoms with Gasteiger partial charge in [-0.1, -0.05) is 60.7 Å². The third kappa shape index (κ3) is 3.64. The number of hydrogen-bond donors (Lipinski definition) is 2. The fourth-order valence-electron chi connectivity index (χ4n) is 3.21. The van der Waals surface area contributed by atoms with Gasteiger partial charge in [-0.3, -0.25) is 0 Å². The minimum Gasteiger partial charge on any atom is -0.480 e. The molecule has 2 aromatic carbocycles. The predicted octanol–water partition coefficient (Wildman–Crippen LogP) is 2.88. The van der Waals surface area contributed by atoms with Crippen LogP contribution >= 0.6 is 12.6 Å². The molecule has 6 heteroatoms. The highest BCUT2D eigenvalue weighted by molar-refractivity contribution is 7.80. The number of carboxylic acids is 1. The van der Waals surface area contributed by atoms with E-state index in [4.69, 9.17) is 0 Å². The van der Waals surface area contributed by atoms with Crippen molar-refractivity contribution >= 4 is 24.6 Å². The van der Waals surface area contributed by atoms with E-state index >= 15 is 0 Å². The molecule has 0 unspecified atom stereocenters. The average Bonchev–Trinajstić information content (AvgIpc) is 2.89. The quantitative estimate of drug-likeness (QED) is 0.783. The number of nitrogens with zero attached hydrogens (tertiary/aromatic N) is 2. The van der Waals surface area contributed by atoms with E-state index in [1.807, 2.05) is 60.7 Å². The summed E-state index contributed by atoms with van der Waals surface area (Å²) in [7, 11) is 0. The number of amides is 2. The van der Waals surface area contributed by atoms with Crippen molar-refractivity contribution in [2.45, 2.75) is 25.2 Å². The van der Waals surface area contributed by atoms with E-state index < -0.39 is 18.1 Å². The summed E-state index contributed by atoms with van der Waals surface area (Å²) in [6, 6.07) is 17.4. The number of benzene rings is 2. The Morgan fingerprint density at radius 3 is 1.84 bits per heavy atom. The van der Waals surface area contributed by atoms with Crippen molar-refractivity contribution in [3.05, 3.63) is 71.8 Å². The molecule has 2 atom stereocenters. The normalized spacial score (nSPS) is 20.1. The van der Waals surface area contributed by atoms with Gasteiger partial charge in [0, 0.05) is 18.8 Å². The number of carboxylic acid groups (broad SMARTS) is 1. The van der Waals surface area contributed by atoms with Crippen molar-refractivity contribution < 1.29 is 14.7 Å². The van der Waals surface area contributed by atoms with Crippen LogP contribution in [0, 0.1) is 0 Å². The van der Waals surface area contributed by atoms with Gasteiger partial charge in [0.25, 0.3) is 0 Å². The first-order valence-corrected chi connectivity index (χ1v) is 8.74. The number of rotatable bonds is 6. The average molecular weight is 356 g/mol. The van der Waals surface area contributed by atoms with Crippen LogP contribution < -0.4 is 0 Å². The van der Waals surface area contributed by atoms with Gasteiger partial charge in [-0.15, -0.1) is 0 Å². The van der Waals surface area contributed by atoms with E-state index in [1.165, 1.54) is 4.90 Å². The predicted molar refractivity (Wildman–Crippen MR) is 98.4 cm³/mol. The van der Waals surface area contributed by atoms with Crippen LogP contribution in [-0.4, -0.2) is 44.7 Å². The maximum absolute atomic E-state index is 13.0. The van der Waals surface area contributed by atoms with E-state index in [0.717, 1.165) is 11.1 Å². The van der Waals surface area contributed by atoms with Gasteiger partial charge in [-0.05, 0) is 11.1 Å². The van der Waals surface area contributed by atoms with E-state index in [-0.39, 0.29) is 12.6 Å². The SMILES string of the molecule is O=C(O)[C@H]1[C@@H](CS)N(Cc2ccccc2)C(=O)N1Cc1ccccc1. The molecular formula is C19H20N2O3S. The van der Waals surface area contributed by atoms with Crippen molar-refractivity contribution in [1.82, 2.24) is 9.80 Å². The smallest absolute Gasteiger partial charge is 0.328 e. The summed E-state index contributed by atoms with van der Waals surface area (Å²) >= 11 is 4.32. The molecule has 0 radical (unpaired) electrons. The third-order valence-electron chi connectivity index (χ3n) is 4.42. The van der Waals surface area contributed by atoms with Crippen molar-refractivity contribution in [3.63, 3.8) is 0 Å². The lowest BCUT2D eigenvalue weighted by Gasteiger charge is -2.23. The largest absolute Gasteiger partial charge is 0.480 e. The summed E-state index contributed by atoms with van der Waals surface area (Å²) in [6.07, 6.45) is 0. The number of thiol groups is 1. The van der Waals surface area contributed by atoms with Crippen molar-refractivity contribution in [2.75, 3.05) is 5.75 Å². The molecule has 0 aromatic heterocycles. The van der Waals surface area contributed by atoms with E-state index in [0.29, 0.717) is 12.3 Å². The first kappa shape index (κ1) is 17.4. The first-order chi connectivity index (χ1) is 12.1. The van der Waals surface area contributed by atoms with Crippen LogP contribution in [-0.2, 0) is 17.9 Å². The standard InChI is InChI=1S/C19H20N2O3S/c22-18(23)17-16(13-25)20(11-14-7-3-1-4-8-14)19(24)21(17)12-15-9-5-2-6-10-15/h1-10,16-17,25H,11-13H2,(H,22,23)/t16-,17-/m1/s1. The summed E-state index contributed by atoms with van der Waals surface area (Å²) in [4.78, 5) is 27.9. The lowest BCUT2D eigenvalue weighted by molar-refractivity contribution is -0.142. The molecule has 0 aliphatic carbocycles. The minimum absolute atomic E-state index is 0.265. The molecule has 1 saturated heterocycles. The van der Waals surface area contributed by atoms with E-state index in [9.17, 15) is 14.7 Å². The topological polar surface area (TPSA) is 60.9 Å². The van der Waals surface area contributed by atoms with Gasteiger partial charge in [0.1, 0.15) is 0 Å². The first-order valence-electron chi connectivity index (χ1n) is 8.10. The van der Waals surface area contributed by atoms with Crippen molar-refractivity contribution in [1.29, 1.82) is 0 Å². The maximum Gasteiger partial charge on any atom is 0.328 e. The van der Waals surface area contributed by atoms with Crippen molar-refractivity contribution in [3.8, 4) is 0 Å². The van der Waals surface area contributed by atoms with Crippen LogP contribution in [0.15, 0.2) is 60.7 Å². The molecule has 130 valence electrons. The summed E-state index contributed by atoms with van der Waals surface area (Å²) in [5, 5.41) is 9.71. The number of urea groups is 1. The molecule has 1 heterocycles. The zero-order valence-corrected chi connectivity index (χ0v) is 14.5. The summed E-state index contributed by atoms with van der Waals surface area (Å²) < 4.78 is 0. The molecule has 2 aromatic rings. The number of aliphatic carboxylic acids is 1. The fourth-order valence-corrected chi connectivity index (χ4v) is 3.61. The molecule has 1 aliphatic heterocycles. The fraction of sp³-hybridized carbons (Fsp3) is 0.263. The summed E-state index contributed by atoms with van der Waals surface area (Å²) in [5.41, 5.74) is 1.87. The third-order valence-corrected chi connectivity index (χ3v) is 4.80. The highest BCUT2D eigenvalue weighted by Crippen LogP contribution is 2.28.